The average Bonchev–Trinajstić information content (AvgIpc) is 2.65. The molecule has 0 saturated heterocycles. The first kappa shape index (κ1) is 12.4. The standard InChI is InChI=1S/C13H22O2/c1-9(12(15)13(2,3)4)11(14)10-7-5-6-8-10/h9-10H,5-8H2,1-4H3. The van der Waals surface area contributed by atoms with Crippen molar-refractivity contribution in [3.8, 4) is 0 Å². The van der Waals surface area contributed by atoms with Crippen molar-refractivity contribution in [3.05, 3.63) is 0 Å². The van der Waals surface area contributed by atoms with Crippen LogP contribution in [0.4, 0.5) is 0 Å². The molecule has 0 radical (unpaired) electrons. The van der Waals surface area contributed by atoms with Gasteiger partial charge in [-0.1, -0.05) is 33.6 Å². The van der Waals surface area contributed by atoms with Crippen molar-refractivity contribution < 1.29 is 9.59 Å². The molecule has 0 bridgehead atoms. The molecule has 1 saturated carbocycles. The van der Waals surface area contributed by atoms with Crippen LogP contribution in [0, 0.1) is 17.3 Å². The van der Waals surface area contributed by atoms with Gasteiger partial charge in [0.2, 0.25) is 0 Å². The highest BCUT2D eigenvalue weighted by Crippen LogP contribution is 2.30. The Balaban J connectivity index is 2.63. The van der Waals surface area contributed by atoms with Crippen molar-refractivity contribution in [1.29, 1.82) is 0 Å². The molecule has 0 aromatic carbocycles. The summed E-state index contributed by atoms with van der Waals surface area (Å²) in [7, 11) is 0. The highest BCUT2D eigenvalue weighted by Gasteiger charge is 2.35. The highest BCUT2D eigenvalue weighted by molar-refractivity contribution is 6.04. The van der Waals surface area contributed by atoms with Crippen LogP contribution in [0.5, 0.6) is 0 Å². The van der Waals surface area contributed by atoms with Crippen LogP contribution < -0.4 is 0 Å². The van der Waals surface area contributed by atoms with Crippen molar-refractivity contribution in [2.75, 3.05) is 0 Å². The van der Waals surface area contributed by atoms with E-state index in [2.05, 4.69) is 0 Å². The molecule has 0 heterocycles. The first-order chi connectivity index (χ1) is 6.84. The Morgan fingerprint density at radius 3 is 2.00 bits per heavy atom. The Bertz CT molecular complexity index is 254. The maximum atomic E-state index is 12.0. The summed E-state index contributed by atoms with van der Waals surface area (Å²) in [6, 6.07) is 0. The third-order valence-corrected chi connectivity index (χ3v) is 3.32. The predicted molar refractivity (Wildman–Crippen MR) is 60.6 cm³/mol. The molecule has 1 aliphatic rings. The fourth-order valence-corrected chi connectivity index (χ4v) is 2.34. The second-order valence-electron chi connectivity index (χ2n) is 5.72. The molecule has 1 fully saturated rings. The number of ketones is 2. The van der Waals surface area contributed by atoms with Gasteiger partial charge in [-0.2, -0.15) is 0 Å². The summed E-state index contributed by atoms with van der Waals surface area (Å²) >= 11 is 0. The maximum Gasteiger partial charge on any atom is 0.148 e. The van der Waals surface area contributed by atoms with Crippen molar-refractivity contribution in [3.63, 3.8) is 0 Å². The van der Waals surface area contributed by atoms with E-state index in [1.54, 1.807) is 6.92 Å². The summed E-state index contributed by atoms with van der Waals surface area (Å²) in [6.45, 7) is 7.42. The van der Waals surface area contributed by atoms with E-state index in [0.29, 0.717) is 0 Å². The molecule has 0 aliphatic heterocycles. The minimum Gasteiger partial charge on any atom is -0.299 e. The van der Waals surface area contributed by atoms with E-state index in [9.17, 15) is 9.59 Å². The van der Waals surface area contributed by atoms with Crippen LogP contribution in [0.1, 0.15) is 53.4 Å². The first-order valence-electron chi connectivity index (χ1n) is 5.92. The van der Waals surface area contributed by atoms with Crippen LogP contribution in [-0.4, -0.2) is 11.6 Å². The number of carbonyl (C=O) groups is 2. The molecule has 0 aromatic rings. The van der Waals surface area contributed by atoms with Gasteiger partial charge >= 0.3 is 0 Å². The predicted octanol–water partition coefficient (Wildman–Crippen LogP) is 3.00. The molecular weight excluding hydrogens is 188 g/mol. The summed E-state index contributed by atoms with van der Waals surface area (Å²) in [6.07, 6.45) is 4.26. The lowest BCUT2D eigenvalue weighted by Gasteiger charge is -2.22. The topological polar surface area (TPSA) is 34.1 Å². The van der Waals surface area contributed by atoms with Crippen LogP contribution in [-0.2, 0) is 9.59 Å². The van der Waals surface area contributed by atoms with Crippen LogP contribution in [0.3, 0.4) is 0 Å². The van der Waals surface area contributed by atoms with Crippen molar-refractivity contribution >= 4 is 11.6 Å². The molecule has 1 unspecified atom stereocenters. The summed E-state index contributed by atoms with van der Waals surface area (Å²) in [5.41, 5.74) is -0.395. The average molecular weight is 210 g/mol. The number of hydrogen-bond donors (Lipinski definition) is 0. The van der Waals surface area contributed by atoms with Gasteiger partial charge in [0.1, 0.15) is 11.6 Å². The smallest absolute Gasteiger partial charge is 0.148 e. The summed E-state index contributed by atoms with van der Waals surface area (Å²) < 4.78 is 0. The lowest BCUT2D eigenvalue weighted by atomic mass is 9.79. The zero-order chi connectivity index (χ0) is 11.6. The van der Waals surface area contributed by atoms with Crippen LogP contribution in [0.25, 0.3) is 0 Å². The Kier molecular flexibility index (Phi) is 3.69. The summed E-state index contributed by atoms with van der Waals surface area (Å²) in [5.74, 6) is 0.00576. The fraction of sp³-hybridized carbons (Fsp3) is 0.846. The second-order valence-corrected chi connectivity index (χ2v) is 5.72. The Hall–Kier alpha value is -0.660. The van der Waals surface area contributed by atoms with E-state index < -0.39 is 11.3 Å². The third kappa shape index (κ3) is 2.90. The summed E-state index contributed by atoms with van der Waals surface area (Å²) in [4.78, 5) is 24.0. The Labute approximate surface area is 92.4 Å². The zero-order valence-electron chi connectivity index (χ0n) is 10.3. The number of rotatable bonds is 3. The molecule has 15 heavy (non-hydrogen) atoms. The zero-order valence-corrected chi connectivity index (χ0v) is 10.3. The molecule has 2 heteroatoms. The fourth-order valence-electron chi connectivity index (χ4n) is 2.34. The van der Waals surface area contributed by atoms with Crippen LogP contribution >= 0.6 is 0 Å². The summed E-state index contributed by atoms with van der Waals surface area (Å²) in [5, 5.41) is 0. The van der Waals surface area contributed by atoms with Gasteiger partial charge < -0.3 is 0 Å². The molecular formula is C13H22O2. The lowest BCUT2D eigenvalue weighted by molar-refractivity contribution is -0.138. The number of Topliss-reactive ketones (excluding diaryl/α,β-unsaturated/α-hetero) is 2. The first-order valence-corrected chi connectivity index (χ1v) is 5.92. The van der Waals surface area contributed by atoms with Gasteiger partial charge in [0.25, 0.3) is 0 Å². The molecule has 0 N–H and O–H groups in total. The Morgan fingerprint density at radius 1 is 1.13 bits per heavy atom. The monoisotopic (exact) mass is 210 g/mol. The van der Waals surface area contributed by atoms with E-state index in [1.807, 2.05) is 20.8 Å². The molecule has 1 aliphatic carbocycles. The van der Waals surface area contributed by atoms with Gasteiger partial charge in [-0.05, 0) is 19.8 Å². The molecule has 1 atom stereocenters. The van der Waals surface area contributed by atoms with E-state index >= 15 is 0 Å². The Morgan fingerprint density at radius 2 is 1.60 bits per heavy atom. The molecule has 1 rings (SSSR count). The number of hydrogen-bond acceptors (Lipinski definition) is 2. The van der Waals surface area contributed by atoms with Gasteiger partial charge in [0, 0.05) is 11.3 Å². The van der Waals surface area contributed by atoms with Crippen molar-refractivity contribution in [2.45, 2.75) is 53.4 Å². The number of carbonyl (C=O) groups excluding carboxylic acids is 2. The molecule has 2 nitrogen and oxygen atoms in total. The van der Waals surface area contributed by atoms with E-state index in [-0.39, 0.29) is 17.5 Å². The van der Waals surface area contributed by atoms with Crippen LogP contribution in [0.2, 0.25) is 0 Å². The van der Waals surface area contributed by atoms with Gasteiger partial charge in [0.15, 0.2) is 0 Å². The van der Waals surface area contributed by atoms with Crippen molar-refractivity contribution in [2.24, 2.45) is 17.3 Å². The normalized spacial score (nSPS) is 20.3. The largest absolute Gasteiger partial charge is 0.299 e. The lowest BCUT2D eigenvalue weighted by Crippen LogP contribution is -2.34. The third-order valence-electron chi connectivity index (χ3n) is 3.32. The van der Waals surface area contributed by atoms with E-state index in [0.717, 1.165) is 25.7 Å². The van der Waals surface area contributed by atoms with Gasteiger partial charge in [0.05, 0.1) is 5.92 Å². The van der Waals surface area contributed by atoms with Crippen molar-refractivity contribution in [1.82, 2.24) is 0 Å². The van der Waals surface area contributed by atoms with E-state index in [4.69, 9.17) is 0 Å². The minimum absolute atomic E-state index is 0.0828. The van der Waals surface area contributed by atoms with E-state index in [1.165, 1.54) is 0 Å². The SMILES string of the molecule is CC(C(=O)C1CCCC1)C(=O)C(C)(C)C. The van der Waals surface area contributed by atoms with Gasteiger partial charge in [-0.15, -0.1) is 0 Å². The second kappa shape index (κ2) is 4.46. The minimum atomic E-state index is -0.409. The highest BCUT2D eigenvalue weighted by atomic mass is 16.2. The van der Waals surface area contributed by atoms with Crippen LogP contribution in [0.15, 0.2) is 0 Å². The molecule has 0 aromatic heterocycles. The van der Waals surface area contributed by atoms with Gasteiger partial charge in [-0.3, -0.25) is 9.59 Å². The van der Waals surface area contributed by atoms with Gasteiger partial charge in [-0.25, -0.2) is 0 Å². The quantitative estimate of drug-likeness (QED) is 0.671. The molecule has 0 amide bonds. The molecule has 86 valence electrons. The maximum absolute atomic E-state index is 12.0. The molecule has 0 spiro atoms.